The largest absolute Gasteiger partial charge is 0.462 e. The van der Waals surface area contributed by atoms with Gasteiger partial charge in [0.15, 0.2) is 0 Å². The van der Waals surface area contributed by atoms with Crippen molar-refractivity contribution in [2.24, 2.45) is 0 Å². The molecule has 0 amide bonds. The molecule has 0 spiro atoms. The lowest BCUT2D eigenvalue weighted by Gasteiger charge is -2.06. The van der Waals surface area contributed by atoms with Gasteiger partial charge in [0.2, 0.25) is 5.43 Å². The third-order valence-electron chi connectivity index (χ3n) is 2.69. The number of fused-ring (bicyclic) bond motifs is 1. The minimum Gasteiger partial charge on any atom is -0.462 e. The van der Waals surface area contributed by atoms with Crippen LogP contribution in [0, 0.1) is 6.92 Å². The Hall–Kier alpha value is -1.81. The van der Waals surface area contributed by atoms with Crippen LogP contribution in [0.3, 0.4) is 0 Å². The molecule has 1 heterocycles. The molecule has 0 aliphatic rings. The second-order valence-electron chi connectivity index (χ2n) is 3.87. The van der Waals surface area contributed by atoms with Gasteiger partial charge in [-0.25, -0.2) is 4.79 Å². The van der Waals surface area contributed by atoms with Crippen molar-refractivity contribution in [2.45, 2.75) is 13.8 Å². The molecule has 0 unspecified atom stereocenters. The summed E-state index contributed by atoms with van der Waals surface area (Å²) in [6.07, 6.45) is 1.34. The Balaban J connectivity index is 2.76. The summed E-state index contributed by atoms with van der Waals surface area (Å²) in [5.41, 5.74) is 0.938. The van der Waals surface area contributed by atoms with E-state index in [1.165, 1.54) is 6.20 Å². The van der Waals surface area contributed by atoms with E-state index in [1.54, 1.807) is 26.0 Å². The molecule has 0 atom stereocenters. The maximum absolute atomic E-state index is 12.2. The topological polar surface area (TPSA) is 59.2 Å². The summed E-state index contributed by atoms with van der Waals surface area (Å²) in [6.45, 7) is 3.71. The number of benzene rings is 1. The first-order valence-electron chi connectivity index (χ1n) is 5.54. The molecule has 0 aliphatic heterocycles. The number of hydrogen-bond acceptors (Lipinski definition) is 3. The molecule has 0 fully saturated rings. The number of ether oxygens (including phenoxy) is 1. The molecule has 0 saturated carbocycles. The van der Waals surface area contributed by atoms with Gasteiger partial charge in [0, 0.05) is 6.20 Å². The third-order valence-corrected chi connectivity index (χ3v) is 3.01. The average molecular weight is 266 g/mol. The molecule has 0 aliphatic carbocycles. The normalized spacial score (nSPS) is 10.6. The number of halogens is 1. The quantitative estimate of drug-likeness (QED) is 0.850. The van der Waals surface area contributed by atoms with Crippen molar-refractivity contribution in [3.63, 3.8) is 0 Å². The number of carbonyl (C=O) groups excluding carboxylic acids is 1. The number of hydrogen-bond donors (Lipinski definition) is 1. The minimum atomic E-state index is -0.625. The zero-order valence-corrected chi connectivity index (χ0v) is 10.8. The van der Waals surface area contributed by atoms with Crippen molar-refractivity contribution in [1.82, 2.24) is 4.98 Å². The van der Waals surface area contributed by atoms with E-state index >= 15 is 0 Å². The highest BCUT2D eigenvalue weighted by Gasteiger charge is 2.16. The molecule has 1 N–H and O–H groups in total. The Morgan fingerprint density at radius 3 is 2.83 bits per heavy atom. The predicted octanol–water partition coefficient (Wildman–Crippen LogP) is 2.67. The highest BCUT2D eigenvalue weighted by Crippen LogP contribution is 2.22. The number of esters is 1. The molecule has 2 aromatic rings. The van der Waals surface area contributed by atoms with Gasteiger partial charge >= 0.3 is 5.97 Å². The van der Waals surface area contributed by atoms with Crippen LogP contribution in [0.4, 0.5) is 0 Å². The lowest BCUT2D eigenvalue weighted by atomic mass is 10.1. The van der Waals surface area contributed by atoms with Crippen molar-refractivity contribution >= 4 is 28.5 Å². The smallest absolute Gasteiger partial charge is 0.343 e. The Morgan fingerprint density at radius 1 is 1.44 bits per heavy atom. The van der Waals surface area contributed by atoms with Gasteiger partial charge in [0.05, 0.1) is 22.5 Å². The Morgan fingerprint density at radius 2 is 2.17 bits per heavy atom. The zero-order valence-electron chi connectivity index (χ0n) is 10.0. The number of H-pyrrole nitrogens is 1. The van der Waals surface area contributed by atoms with Crippen molar-refractivity contribution in [2.75, 3.05) is 6.61 Å². The highest BCUT2D eigenvalue weighted by molar-refractivity contribution is 6.35. The molecule has 5 heteroatoms. The maximum atomic E-state index is 12.2. The van der Waals surface area contributed by atoms with Crippen LogP contribution in [0.2, 0.25) is 5.02 Å². The van der Waals surface area contributed by atoms with Crippen LogP contribution in [-0.4, -0.2) is 17.6 Å². The highest BCUT2D eigenvalue weighted by atomic mass is 35.5. The van der Waals surface area contributed by atoms with Crippen LogP contribution < -0.4 is 5.43 Å². The molecule has 18 heavy (non-hydrogen) atoms. The Labute approximate surface area is 109 Å². The van der Waals surface area contributed by atoms with Gasteiger partial charge in [-0.2, -0.15) is 0 Å². The molecule has 4 nitrogen and oxygen atoms in total. The van der Waals surface area contributed by atoms with E-state index in [0.717, 1.165) is 5.56 Å². The lowest BCUT2D eigenvalue weighted by Crippen LogP contribution is -2.18. The van der Waals surface area contributed by atoms with Crippen LogP contribution in [-0.2, 0) is 4.74 Å². The van der Waals surface area contributed by atoms with Crippen LogP contribution in [0.1, 0.15) is 22.8 Å². The van der Waals surface area contributed by atoms with Gasteiger partial charge in [-0.3, -0.25) is 4.79 Å². The number of aryl methyl sites for hydroxylation is 1. The first-order chi connectivity index (χ1) is 8.56. The molecular formula is C13H12ClNO3. The van der Waals surface area contributed by atoms with Crippen molar-refractivity contribution in [3.8, 4) is 0 Å². The molecule has 94 valence electrons. The van der Waals surface area contributed by atoms with Crippen LogP contribution in [0.25, 0.3) is 10.9 Å². The predicted molar refractivity (Wildman–Crippen MR) is 70.3 cm³/mol. The first-order valence-corrected chi connectivity index (χ1v) is 5.91. The van der Waals surface area contributed by atoms with E-state index in [-0.39, 0.29) is 17.6 Å². The van der Waals surface area contributed by atoms with Crippen LogP contribution >= 0.6 is 11.6 Å². The molecular weight excluding hydrogens is 254 g/mol. The fourth-order valence-corrected chi connectivity index (χ4v) is 2.03. The van der Waals surface area contributed by atoms with Crippen molar-refractivity contribution in [3.05, 3.63) is 44.7 Å². The summed E-state index contributed by atoms with van der Waals surface area (Å²) in [5, 5.41) is 0.871. The van der Waals surface area contributed by atoms with E-state index in [9.17, 15) is 9.59 Å². The fraction of sp³-hybridized carbons (Fsp3) is 0.231. The van der Waals surface area contributed by atoms with Crippen molar-refractivity contribution in [1.29, 1.82) is 0 Å². The Bertz CT molecular complexity index is 676. The van der Waals surface area contributed by atoms with E-state index in [2.05, 4.69) is 4.98 Å². The molecule has 1 aromatic carbocycles. The molecule has 0 saturated heterocycles. The van der Waals surface area contributed by atoms with E-state index in [4.69, 9.17) is 16.3 Å². The monoisotopic (exact) mass is 265 g/mol. The van der Waals surface area contributed by atoms with Gasteiger partial charge < -0.3 is 9.72 Å². The average Bonchev–Trinajstić information content (AvgIpc) is 2.34. The summed E-state index contributed by atoms with van der Waals surface area (Å²) in [7, 11) is 0. The molecule has 1 aromatic heterocycles. The number of nitrogens with one attached hydrogen (secondary N) is 1. The second-order valence-corrected chi connectivity index (χ2v) is 4.27. The summed E-state index contributed by atoms with van der Waals surface area (Å²) in [5.74, 6) is -0.625. The van der Waals surface area contributed by atoms with Crippen LogP contribution in [0.5, 0.6) is 0 Å². The van der Waals surface area contributed by atoms with Gasteiger partial charge in [0.25, 0.3) is 0 Å². The Kier molecular flexibility index (Phi) is 3.39. The fourth-order valence-electron chi connectivity index (χ4n) is 1.82. The SMILES string of the molecule is CCOC(=O)c1c[nH]c2c(Cl)ccc(C)c2c1=O. The van der Waals surface area contributed by atoms with E-state index in [1.807, 2.05) is 0 Å². The number of rotatable bonds is 2. The summed E-state index contributed by atoms with van der Waals surface area (Å²) in [6, 6.07) is 3.45. The molecule has 2 rings (SSSR count). The standard InChI is InChI=1S/C13H12ClNO3/c1-3-18-13(17)8-6-15-11-9(14)5-4-7(2)10(11)12(8)16/h4-6H,3H2,1-2H3,(H,15,16). The van der Waals surface area contributed by atoms with E-state index < -0.39 is 5.97 Å². The molecule has 0 bridgehead atoms. The van der Waals surface area contributed by atoms with Crippen molar-refractivity contribution < 1.29 is 9.53 Å². The van der Waals surface area contributed by atoms with Gasteiger partial charge in [-0.15, -0.1) is 0 Å². The van der Waals surface area contributed by atoms with Crippen LogP contribution in [0.15, 0.2) is 23.1 Å². The third kappa shape index (κ3) is 1.99. The second kappa shape index (κ2) is 4.82. The summed E-state index contributed by atoms with van der Waals surface area (Å²) >= 11 is 6.01. The van der Waals surface area contributed by atoms with Gasteiger partial charge in [0.1, 0.15) is 5.56 Å². The number of pyridine rings is 1. The van der Waals surface area contributed by atoms with Gasteiger partial charge in [-0.1, -0.05) is 17.7 Å². The maximum Gasteiger partial charge on any atom is 0.343 e. The lowest BCUT2D eigenvalue weighted by molar-refractivity contribution is 0.0524. The number of aromatic nitrogens is 1. The number of aromatic amines is 1. The summed E-state index contributed by atoms with van der Waals surface area (Å²) in [4.78, 5) is 26.7. The first kappa shape index (κ1) is 12.6. The minimum absolute atomic E-state index is 0.00489. The summed E-state index contributed by atoms with van der Waals surface area (Å²) < 4.78 is 4.84. The number of carbonyl (C=O) groups is 1. The molecule has 0 radical (unpaired) electrons. The zero-order chi connectivity index (χ0) is 13.3. The van der Waals surface area contributed by atoms with E-state index in [0.29, 0.717) is 15.9 Å². The van der Waals surface area contributed by atoms with Gasteiger partial charge in [-0.05, 0) is 25.5 Å².